The first-order valence-corrected chi connectivity index (χ1v) is 11.5. The SMILES string of the molecule is C[C@H](/C=C/CC(=O)N1Cc2ccccc2C[C@H]1CO)[C@@]1(O)C(=O)N(C)c2ccc(Br)cc21. The summed E-state index contributed by atoms with van der Waals surface area (Å²) in [5.74, 6) is -1.01. The Balaban J connectivity index is 1.49. The Morgan fingerprint density at radius 3 is 2.72 bits per heavy atom. The smallest absolute Gasteiger partial charge is 0.264 e. The molecule has 0 aromatic heterocycles. The van der Waals surface area contributed by atoms with Gasteiger partial charge in [0, 0.05) is 36.0 Å². The van der Waals surface area contributed by atoms with Gasteiger partial charge in [0.05, 0.1) is 18.3 Å². The zero-order valence-electron chi connectivity index (χ0n) is 18.2. The van der Waals surface area contributed by atoms with E-state index in [-0.39, 0.29) is 30.9 Å². The highest BCUT2D eigenvalue weighted by molar-refractivity contribution is 9.10. The Morgan fingerprint density at radius 1 is 1.28 bits per heavy atom. The molecule has 4 rings (SSSR count). The number of anilines is 1. The van der Waals surface area contributed by atoms with Crippen LogP contribution in [0.3, 0.4) is 0 Å². The van der Waals surface area contributed by atoms with E-state index in [9.17, 15) is 19.8 Å². The number of amides is 2. The van der Waals surface area contributed by atoms with Crippen molar-refractivity contribution in [1.29, 1.82) is 0 Å². The van der Waals surface area contributed by atoms with Crippen molar-refractivity contribution in [2.75, 3.05) is 18.6 Å². The van der Waals surface area contributed by atoms with Crippen molar-refractivity contribution in [3.8, 4) is 0 Å². The minimum Gasteiger partial charge on any atom is -0.394 e. The normalized spacial score (nSPS) is 23.4. The molecule has 2 aliphatic heterocycles. The summed E-state index contributed by atoms with van der Waals surface area (Å²) >= 11 is 3.42. The number of benzene rings is 2. The van der Waals surface area contributed by atoms with E-state index < -0.39 is 11.5 Å². The van der Waals surface area contributed by atoms with E-state index >= 15 is 0 Å². The van der Waals surface area contributed by atoms with E-state index in [0.29, 0.717) is 24.2 Å². The molecule has 2 N–H and O–H groups in total. The number of halogens is 1. The van der Waals surface area contributed by atoms with Gasteiger partial charge >= 0.3 is 0 Å². The van der Waals surface area contributed by atoms with E-state index in [1.807, 2.05) is 30.3 Å². The Hall–Kier alpha value is -2.48. The summed E-state index contributed by atoms with van der Waals surface area (Å²) in [6.45, 7) is 2.15. The molecular weight excluding hydrogens is 472 g/mol. The molecule has 0 saturated carbocycles. The molecule has 2 aromatic carbocycles. The fourth-order valence-electron chi connectivity index (χ4n) is 4.70. The zero-order valence-corrected chi connectivity index (χ0v) is 19.7. The highest BCUT2D eigenvalue weighted by Crippen LogP contribution is 2.45. The van der Waals surface area contributed by atoms with Crippen LogP contribution in [0.15, 0.2) is 59.1 Å². The second-order valence-electron chi connectivity index (χ2n) is 8.54. The highest BCUT2D eigenvalue weighted by atomic mass is 79.9. The van der Waals surface area contributed by atoms with Crippen LogP contribution < -0.4 is 4.90 Å². The summed E-state index contributed by atoms with van der Waals surface area (Å²) < 4.78 is 0.782. The van der Waals surface area contributed by atoms with E-state index in [1.54, 1.807) is 43.2 Å². The molecule has 0 radical (unpaired) electrons. The van der Waals surface area contributed by atoms with Crippen molar-refractivity contribution >= 4 is 33.4 Å². The molecule has 0 bridgehead atoms. The minimum absolute atomic E-state index is 0.0907. The molecule has 2 heterocycles. The van der Waals surface area contributed by atoms with Crippen molar-refractivity contribution in [1.82, 2.24) is 4.90 Å². The zero-order chi connectivity index (χ0) is 23.0. The lowest BCUT2D eigenvalue weighted by atomic mass is 9.83. The van der Waals surface area contributed by atoms with Gasteiger partial charge in [0.15, 0.2) is 5.60 Å². The van der Waals surface area contributed by atoms with Crippen LogP contribution in [0.25, 0.3) is 0 Å². The summed E-state index contributed by atoms with van der Waals surface area (Å²) in [4.78, 5) is 29.0. The number of carbonyl (C=O) groups excluding carboxylic acids is 2. The number of nitrogens with zero attached hydrogens (tertiary/aromatic N) is 2. The number of hydrogen-bond donors (Lipinski definition) is 2. The molecule has 0 unspecified atom stereocenters. The van der Waals surface area contributed by atoms with Crippen LogP contribution >= 0.6 is 15.9 Å². The summed E-state index contributed by atoms with van der Waals surface area (Å²) in [6.07, 6.45) is 4.20. The lowest BCUT2D eigenvalue weighted by molar-refractivity contribution is -0.139. The maximum Gasteiger partial charge on any atom is 0.264 e. The maximum atomic E-state index is 12.9. The Morgan fingerprint density at radius 2 is 2.00 bits per heavy atom. The number of hydrogen-bond acceptors (Lipinski definition) is 4. The van der Waals surface area contributed by atoms with Gasteiger partial charge in [0.1, 0.15) is 0 Å². The van der Waals surface area contributed by atoms with Gasteiger partial charge in [-0.1, -0.05) is 59.3 Å². The van der Waals surface area contributed by atoms with E-state index in [1.165, 1.54) is 4.90 Å². The van der Waals surface area contributed by atoms with Crippen LogP contribution in [0.5, 0.6) is 0 Å². The number of rotatable bonds is 5. The summed E-state index contributed by atoms with van der Waals surface area (Å²) in [5, 5.41) is 21.2. The van der Waals surface area contributed by atoms with E-state index in [4.69, 9.17) is 0 Å². The molecule has 6 nitrogen and oxygen atoms in total. The Bertz CT molecular complexity index is 1090. The largest absolute Gasteiger partial charge is 0.394 e. The standard InChI is InChI=1S/C25H27BrN2O4/c1-16(25(32)21-13-19(26)10-11-22(21)27(2)24(25)31)6-5-9-23(30)28-14-18-8-4-3-7-17(18)12-20(28)15-29/h3-8,10-11,13,16,20,29,32H,9,12,14-15H2,1-2H3/b6-5+/t16-,20+,25+/m1/s1. The third-order valence-corrected chi connectivity index (χ3v) is 7.12. The summed E-state index contributed by atoms with van der Waals surface area (Å²) in [7, 11) is 1.65. The Kier molecular flexibility index (Phi) is 6.25. The molecule has 32 heavy (non-hydrogen) atoms. The van der Waals surface area contributed by atoms with Gasteiger partial charge in [-0.15, -0.1) is 0 Å². The van der Waals surface area contributed by atoms with Crippen molar-refractivity contribution in [3.63, 3.8) is 0 Å². The molecule has 168 valence electrons. The van der Waals surface area contributed by atoms with Gasteiger partial charge in [-0.3, -0.25) is 9.59 Å². The fourth-order valence-corrected chi connectivity index (χ4v) is 5.06. The Labute approximate surface area is 196 Å². The van der Waals surface area contributed by atoms with E-state index in [0.717, 1.165) is 15.6 Å². The molecule has 3 atom stereocenters. The van der Waals surface area contributed by atoms with Crippen LogP contribution in [0, 0.1) is 5.92 Å². The molecule has 0 fully saturated rings. The average Bonchev–Trinajstić information content (AvgIpc) is 2.99. The molecule has 0 spiro atoms. The van der Waals surface area contributed by atoms with Crippen molar-refractivity contribution in [2.45, 2.75) is 38.0 Å². The quantitative estimate of drug-likeness (QED) is 0.620. The first-order valence-electron chi connectivity index (χ1n) is 10.7. The topological polar surface area (TPSA) is 81.1 Å². The highest BCUT2D eigenvalue weighted by Gasteiger charge is 2.51. The molecule has 2 aromatic rings. The van der Waals surface area contributed by atoms with Gasteiger partial charge in [-0.2, -0.15) is 0 Å². The van der Waals surface area contributed by atoms with Crippen LogP contribution in [0.4, 0.5) is 5.69 Å². The van der Waals surface area contributed by atoms with Crippen molar-refractivity contribution in [3.05, 3.63) is 75.8 Å². The number of fused-ring (bicyclic) bond motifs is 2. The second-order valence-corrected chi connectivity index (χ2v) is 9.46. The van der Waals surface area contributed by atoms with Crippen molar-refractivity contribution < 1.29 is 19.8 Å². The lowest BCUT2D eigenvalue weighted by Gasteiger charge is -2.36. The number of carbonyl (C=O) groups is 2. The molecule has 2 amide bonds. The molecule has 2 aliphatic rings. The monoisotopic (exact) mass is 498 g/mol. The number of likely N-dealkylation sites (N-methyl/N-ethyl adjacent to an activating group) is 1. The fraction of sp³-hybridized carbons (Fsp3) is 0.360. The van der Waals surface area contributed by atoms with E-state index in [2.05, 4.69) is 15.9 Å². The van der Waals surface area contributed by atoms with Gasteiger partial charge in [0.2, 0.25) is 5.91 Å². The number of aliphatic hydroxyl groups excluding tert-OH is 1. The molecule has 0 aliphatic carbocycles. The maximum absolute atomic E-state index is 12.9. The summed E-state index contributed by atoms with van der Waals surface area (Å²) in [5.41, 5.74) is 1.80. The molecular formula is C25H27BrN2O4. The van der Waals surface area contributed by atoms with Gasteiger partial charge < -0.3 is 20.0 Å². The van der Waals surface area contributed by atoms with Gasteiger partial charge in [-0.25, -0.2) is 0 Å². The third kappa shape index (κ3) is 3.78. The predicted octanol–water partition coefficient (Wildman–Crippen LogP) is 3.14. The first kappa shape index (κ1) is 22.7. The second kappa shape index (κ2) is 8.81. The first-order chi connectivity index (χ1) is 15.3. The lowest BCUT2D eigenvalue weighted by Crippen LogP contribution is -2.46. The summed E-state index contributed by atoms with van der Waals surface area (Å²) in [6, 6.07) is 13.1. The van der Waals surface area contributed by atoms with Crippen molar-refractivity contribution in [2.24, 2.45) is 5.92 Å². The van der Waals surface area contributed by atoms with Crippen LogP contribution in [-0.4, -0.2) is 46.6 Å². The van der Waals surface area contributed by atoms with Crippen LogP contribution in [0.2, 0.25) is 0 Å². The predicted molar refractivity (Wildman–Crippen MR) is 126 cm³/mol. The third-order valence-electron chi connectivity index (χ3n) is 6.62. The minimum atomic E-state index is -1.69. The van der Waals surface area contributed by atoms with Gasteiger partial charge in [0.25, 0.3) is 5.91 Å². The van der Waals surface area contributed by atoms with Crippen LogP contribution in [0.1, 0.15) is 30.0 Å². The van der Waals surface area contributed by atoms with Crippen LogP contribution in [-0.2, 0) is 28.2 Å². The number of aliphatic hydroxyl groups is 2. The molecule has 0 saturated heterocycles. The molecule has 7 heteroatoms. The van der Waals surface area contributed by atoms with Gasteiger partial charge in [-0.05, 0) is 35.7 Å². The average molecular weight is 499 g/mol.